The monoisotopic (exact) mass is 352 g/mol. The maximum absolute atomic E-state index is 6.17. The Balaban J connectivity index is 2.06. The number of benzene rings is 2. The Bertz CT molecular complexity index is 514. The van der Waals surface area contributed by atoms with Gasteiger partial charge in [0.2, 0.25) is 0 Å². The van der Waals surface area contributed by atoms with Gasteiger partial charge < -0.3 is 0 Å². The fourth-order valence-electron chi connectivity index (χ4n) is 1.81. The normalized spacial score (nSPS) is 10.4. The Morgan fingerprint density at radius 2 is 1.17 bits per heavy atom. The second-order valence-electron chi connectivity index (χ2n) is 4.14. The van der Waals surface area contributed by atoms with Crippen LogP contribution in [0.4, 0.5) is 0 Å². The summed E-state index contributed by atoms with van der Waals surface area (Å²) in [6.07, 6.45) is 1.87. The molecular formula is C15H12Cl2Zr+2. The molecule has 88 valence electrons. The Kier molecular flexibility index (Phi) is 5.36. The van der Waals surface area contributed by atoms with Gasteiger partial charge >= 0.3 is 133 Å². The fourth-order valence-corrected chi connectivity index (χ4v) is 3.15. The molecule has 0 heterocycles. The molecule has 0 saturated heterocycles. The minimum absolute atomic E-state index is 0.844. The van der Waals surface area contributed by atoms with Crippen molar-refractivity contribution in [1.29, 1.82) is 0 Å². The van der Waals surface area contributed by atoms with E-state index in [1.54, 1.807) is 0 Å². The van der Waals surface area contributed by atoms with Gasteiger partial charge in [-0.2, -0.15) is 0 Å². The van der Waals surface area contributed by atoms with Crippen molar-refractivity contribution in [3.63, 3.8) is 0 Å². The molecule has 0 N–H and O–H groups in total. The number of rotatable bonds is 4. The van der Waals surface area contributed by atoms with Crippen LogP contribution in [-0.4, -0.2) is 3.21 Å². The molecule has 0 aliphatic heterocycles. The average molecular weight is 354 g/mol. The van der Waals surface area contributed by atoms with Crippen molar-refractivity contribution in [1.82, 2.24) is 0 Å². The van der Waals surface area contributed by atoms with Gasteiger partial charge in [0.1, 0.15) is 0 Å². The van der Waals surface area contributed by atoms with Crippen LogP contribution in [0.15, 0.2) is 48.5 Å². The standard InChI is InChI=1S/C15H12Cl2.Zr/c16-14-10-3-1-6-12(14)8-5-9-13-7-2-4-11-15(13)17;/h1-4,6-7,10-11H,8-9H2;/q;+2. The molecule has 0 spiro atoms. The predicted molar refractivity (Wildman–Crippen MR) is 75.3 cm³/mol. The van der Waals surface area contributed by atoms with Crippen molar-refractivity contribution in [2.45, 2.75) is 12.8 Å². The van der Waals surface area contributed by atoms with E-state index in [2.05, 4.69) is 12.1 Å². The van der Waals surface area contributed by atoms with Gasteiger partial charge in [0.25, 0.3) is 0 Å². The van der Waals surface area contributed by atoms with Crippen LogP contribution in [0.2, 0.25) is 10.0 Å². The first-order valence-corrected chi connectivity index (χ1v) is 7.68. The van der Waals surface area contributed by atoms with Gasteiger partial charge in [0.05, 0.1) is 0 Å². The van der Waals surface area contributed by atoms with E-state index in [0.717, 1.165) is 22.9 Å². The van der Waals surface area contributed by atoms with E-state index in [0.29, 0.717) is 0 Å². The van der Waals surface area contributed by atoms with E-state index in [4.69, 9.17) is 23.2 Å². The molecule has 0 saturated carbocycles. The van der Waals surface area contributed by atoms with Crippen LogP contribution >= 0.6 is 23.2 Å². The Hall–Kier alpha value is -0.227. The van der Waals surface area contributed by atoms with Gasteiger partial charge in [0, 0.05) is 0 Å². The molecule has 0 fully saturated rings. The summed E-state index contributed by atoms with van der Waals surface area (Å²) in [5.41, 5.74) is 2.39. The van der Waals surface area contributed by atoms with E-state index in [-0.39, 0.29) is 0 Å². The molecule has 2 aromatic rings. The number of halogens is 2. The summed E-state index contributed by atoms with van der Waals surface area (Å²) < 4.78 is 1.45. The van der Waals surface area contributed by atoms with Gasteiger partial charge in [-0.05, 0) is 0 Å². The first kappa shape index (κ1) is 14.2. The van der Waals surface area contributed by atoms with E-state index in [1.165, 1.54) is 38.6 Å². The molecule has 0 aromatic heterocycles. The SMILES string of the molecule is Clc1ccccc1C[C](=[Zr+2])Cc1ccccc1Cl. The van der Waals surface area contributed by atoms with Gasteiger partial charge in [-0.25, -0.2) is 0 Å². The zero-order valence-corrected chi connectivity index (χ0v) is 13.8. The van der Waals surface area contributed by atoms with E-state index in [1.807, 2.05) is 36.4 Å². The molecule has 0 aliphatic carbocycles. The van der Waals surface area contributed by atoms with Gasteiger partial charge in [0.15, 0.2) is 0 Å². The van der Waals surface area contributed by atoms with Crippen molar-refractivity contribution in [2.24, 2.45) is 0 Å². The van der Waals surface area contributed by atoms with Crippen LogP contribution < -0.4 is 0 Å². The van der Waals surface area contributed by atoms with Crippen LogP contribution in [0.1, 0.15) is 11.1 Å². The van der Waals surface area contributed by atoms with E-state index < -0.39 is 0 Å². The zero-order chi connectivity index (χ0) is 13.0. The Morgan fingerprint density at radius 3 is 1.56 bits per heavy atom. The van der Waals surface area contributed by atoms with Crippen molar-refractivity contribution in [3.05, 3.63) is 69.7 Å². The third-order valence-electron chi connectivity index (χ3n) is 2.72. The Labute approximate surface area is 132 Å². The fraction of sp³-hybridized carbons (Fsp3) is 0.133. The second-order valence-corrected chi connectivity index (χ2v) is 6.69. The quantitative estimate of drug-likeness (QED) is 0.759. The Morgan fingerprint density at radius 1 is 0.778 bits per heavy atom. The molecule has 0 bridgehead atoms. The number of hydrogen-bond donors (Lipinski definition) is 0. The maximum atomic E-state index is 6.17. The predicted octanol–water partition coefficient (Wildman–Crippen LogP) is 4.50. The van der Waals surface area contributed by atoms with Gasteiger partial charge in [-0.1, -0.05) is 0 Å². The zero-order valence-electron chi connectivity index (χ0n) is 9.79. The van der Waals surface area contributed by atoms with Gasteiger partial charge in [-0.15, -0.1) is 0 Å². The molecule has 0 nitrogen and oxygen atoms in total. The van der Waals surface area contributed by atoms with Gasteiger partial charge in [-0.3, -0.25) is 0 Å². The topological polar surface area (TPSA) is 0 Å². The molecule has 0 aliphatic rings. The molecule has 0 unspecified atom stereocenters. The van der Waals surface area contributed by atoms with Crippen LogP contribution in [-0.2, 0) is 37.1 Å². The molecule has 18 heavy (non-hydrogen) atoms. The number of hydrogen-bond acceptors (Lipinski definition) is 0. The van der Waals surface area contributed by atoms with Crippen molar-refractivity contribution in [3.8, 4) is 0 Å². The van der Waals surface area contributed by atoms with Crippen molar-refractivity contribution >= 4 is 26.4 Å². The summed E-state index contributed by atoms with van der Waals surface area (Å²) in [4.78, 5) is 0. The molecule has 0 radical (unpaired) electrons. The average Bonchev–Trinajstić information content (AvgIpc) is 2.35. The first-order chi connectivity index (χ1) is 8.66. The summed E-state index contributed by atoms with van der Waals surface area (Å²) in [5.74, 6) is 0. The molecule has 0 amide bonds. The van der Waals surface area contributed by atoms with Crippen LogP contribution in [0.5, 0.6) is 0 Å². The van der Waals surface area contributed by atoms with Crippen molar-refractivity contribution in [2.75, 3.05) is 0 Å². The molecule has 3 heteroatoms. The molecule has 0 atom stereocenters. The van der Waals surface area contributed by atoms with Crippen LogP contribution in [0.3, 0.4) is 0 Å². The molecular weight excluding hydrogens is 342 g/mol. The first-order valence-electron chi connectivity index (χ1n) is 5.70. The summed E-state index contributed by atoms with van der Waals surface area (Å²) in [6, 6.07) is 16.0. The molecule has 2 rings (SSSR count). The third-order valence-corrected chi connectivity index (χ3v) is 4.33. The molecule has 2 aromatic carbocycles. The minimum atomic E-state index is 0.844. The summed E-state index contributed by atoms with van der Waals surface area (Å²) >= 11 is 13.8. The van der Waals surface area contributed by atoms with Crippen LogP contribution in [0.25, 0.3) is 0 Å². The third kappa shape index (κ3) is 3.88. The van der Waals surface area contributed by atoms with Crippen LogP contribution in [0, 0.1) is 0 Å². The second kappa shape index (κ2) is 6.80. The van der Waals surface area contributed by atoms with E-state index >= 15 is 0 Å². The van der Waals surface area contributed by atoms with Crippen molar-refractivity contribution < 1.29 is 24.2 Å². The van der Waals surface area contributed by atoms with E-state index in [9.17, 15) is 0 Å². The summed E-state index contributed by atoms with van der Waals surface area (Å²) in [7, 11) is 0. The summed E-state index contributed by atoms with van der Waals surface area (Å²) in [5, 5.41) is 1.69. The summed E-state index contributed by atoms with van der Waals surface area (Å²) in [6.45, 7) is 0.